The molecule has 0 fully saturated rings. The second-order valence-electron chi connectivity index (χ2n) is 4.77. The molecule has 0 spiro atoms. The Kier molecular flexibility index (Phi) is 2.84. The molecule has 2 aromatic rings. The van der Waals surface area contributed by atoms with Gasteiger partial charge in [0, 0.05) is 11.2 Å². The third kappa shape index (κ3) is 1.82. The van der Waals surface area contributed by atoms with Gasteiger partial charge in [-0.05, 0) is 48.1 Å². The number of aliphatic hydroxyl groups is 1. The minimum Gasteiger partial charge on any atom is -0.382 e. The van der Waals surface area contributed by atoms with Gasteiger partial charge in [-0.1, -0.05) is 29.8 Å². The van der Waals surface area contributed by atoms with E-state index in [-0.39, 0.29) is 0 Å². The molecule has 1 atom stereocenters. The largest absolute Gasteiger partial charge is 0.382 e. The molecule has 0 bridgehead atoms. The van der Waals surface area contributed by atoms with Gasteiger partial charge < -0.3 is 5.11 Å². The van der Waals surface area contributed by atoms with Crippen LogP contribution in [0.5, 0.6) is 0 Å². The van der Waals surface area contributed by atoms with Crippen molar-refractivity contribution in [2.75, 3.05) is 0 Å². The molecular formula is C15H14ClNO. The van der Waals surface area contributed by atoms with E-state index in [9.17, 15) is 5.11 Å². The van der Waals surface area contributed by atoms with Crippen molar-refractivity contribution < 1.29 is 5.11 Å². The minimum atomic E-state index is -0.670. The maximum Gasteiger partial charge on any atom is 0.122 e. The van der Waals surface area contributed by atoms with Gasteiger partial charge in [-0.15, -0.1) is 0 Å². The highest BCUT2D eigenvalue weighted by Gasteiger charge is 2.24. The molecule has 0 aliphatic heterocycles. The molecule has 92 valence electrons. The van der Waals surface area contributed by atoms with Gasteiger partial charge in [0.1, 0.15) is 6.10 Å². The number of aromatic nitrogens is 1. The Hall–Kier alpha value is -1.38. The maximum absolute atomic E-state index is 10.5. The lowest BCUT2D eigenvalue weighted by Gasteiger charge is -2.14. The highest BCUT2D eigenvalue weighted by atomic mass is 35.5. The van der Waals surface area contributed by atoms with Crippen LogP contribution < -0.4 is 0 Å². The summed E-state index contributed by atoms with van der Waals surface area (Å²) in [6.07, 6.45) is 2.86. The SMILES string of the molecule is Cc1cnc2c(c1)CCc1c(Cl)cccc1C2O. The first-order chi connectivity index (χ1) is 8.66. The van der Waals surface area contributed by atoms with Crippen LogP contribution in [0, 0.1) is 6.92 Å². The van der Waals surface area contributed by atoms with Gasteiger partial charge in [0.2, 0.25) is 0 Å². The van der Waals surface area contributed by atoms with Crippen LogP contribution in [0.25, 0.3) is 0 Å². The zero-order chi connectivity index (χ0) is 12.7. The summed E-state index contributed by atoms with van der Waals surface area (Å²) in [5.41, 5.74) is 4.94. The number of rotatable bonds is 0. The van der Waals surface area contributed by atoms with E-state index < -0.39 is 6.10 Å². The van der Waals surface area contributed by atoms with Gasteiger partial charge in [-0.3, -0.25) is 4.98 Å². The number of hydrogen-bond donors (Lipinski definition) is 1. The van der Waals surface area contributed by atoms with Crippen molar-refractivity contribution in [1.29, 1.82) is 0 Å². The molecule has 1 heterocycles. The molecular weight excluding hydrogens is 246 g/mol. The Labute approximate surface area is 111 Å². The van der Waals surface area contributed by atoms with E-state index in [1.54, 1.807) is 6.20 Å². The summed E-state index contributed by atoms with van der Waals surface area (Å²) in [5.74, 6) is 0. The third-order valence-corrected chi connectivity index (χ3v) is 3.85. The van der Waals surface area contributed by atoms with Crippen LogP contribution in [0.2, 0.25) is 5.02 Å². The molecule has 1 N–H and O–H groups in total. The molecule has 3 rings (SSSR count). The summed E-state index contributed by atoms with van der Waals surface area (Å²) in [5, 5.41) is 11.2. The molecule has 0 saturated carbocycles. The molecule has 3 heteroatoms. The van der Waals surface area contributed by atoms with Gasteiger partial charge in [-0.2, -0.15) is 0 Å². The van der Waals surface area contributed by atoms with E-state index >= 15 is 0 Å². The third-order valence-electron chi connectivity index (χ3n) is 3.49. The van der Waals surface area contributed by atoms with Crippen LogP contribution in [0.4, 0.5) is 0 Å². The Morgan fingerprint density at radius 3 is 3.00 bits per heavy atom. The van der Waals surface area contributed by atoms with Crippen molar-refractivity contribution in [2.45, 2.75) is 25.9 Å². The molecule has 0 radical (unpaired) electrons. The molecule has 1 aromatic carbocycles. The average Bonchev–Trinajstić information content (AvgIpc) is 2.49. The zero-order valence-electron chi connectivity index (χ0n) is 10.2. The summed E-state index contributed by atoms with van der Waals surface area (Å²) in [6.45, 7) is 2.02. The lowest BCUT2D eigenvalue weighted by molar-refractivity contribution is 0.214. The number of nitrogens with zero attached hydrogens (tertiary/aromatic N) is 1. The molecule has 0 amide bonds. The highest BCUT2D eigenvalue weighted by Crippen LogP contribution is 2.34. The molecule has 1 aliphatic carbocycles. The topological polar surface area (TPSA) is 33.1 Å². The fraction of sp³-hybridized carbons (Fsp3) is 0.267. The van der Waals surface area contributed by atoms with Gasteiger partial charge in [0.25, 0.3) is 0 Å². The van der Waals surface area contributed by atoms with Gasteiger partial charge in [0.05, 0.1) is 5.69 Å². The first-order valence-corrected chi connectivity index (χ1v) is 6.45. The Morgan fingerprint density at radius 1 is 1.33 bits per heavy atom. The molecule has 1 unspecified atom stereocenters. The first kappa shape index (κ1) is 11.7. The van der Waals surface area contributed by atoms with E-state index in [1.165, 1.54) is 0 Å². The summed E-state index contributed by atoms with van der Waals surface area (Å²) >= 11 is 6.22. The second kappa shape index (κ2) is 4.38. The average molecular weight is 260 g/mol. The van der Waals surface area contributed by atoms with Crippen LogP contribution in [0.15, 0.2) is 30.5 Å². The highest BCUT2D eigenvalue weighted by molar-refractivity contribution is 6.31. The zero-order valence-corrected chi connectivity index (χ0v) is 10.9. The quantitative estimate of drug-likeness (QED) is 0.788. The molecule has 0 saturated heterocycles. The fourth-order valence-electron chi connectivity index (χ4n) is 2.59. The summed E-state index contributed by atoms with van der Waals surface area (Å²) in [7, 11) is 0. The van der Waals surface area contributed by atoms with Crippen LogP contribution in [-0.2, 0) is 12.8 Å². The predicted octanol–water partition coefficient (Wildman–Crippen LogP) is 3.22. The van der Waals surface area contributed by atoms with E-state index in [0.29, 0.717) is 0 Å². The summed E-state index contributed by atoms with van der Waals surface area (Å²) in [6, 6.07) is 7.79. The number of fused-ring (bicyclic) bond motifs is 2. The van der Waals surface area contributed by atoms with E-state index in [2.05, 4.69) is 11.1 Å². The van der Waals surface area contributed by atoms with Crippen molar-refractivity contribution in [3.63, 3.8) is 0 Å². The Morgan fingerprint density at radius 2 is 2.17 bits per heavy atom. The number of hydrogen-bond acceptors (Lipinski definition) is 2. The van der Waals surface area contributed by atoms with Crippen molar-refractivity contribution >= 4 is 11.6 Å². The standard InChI is InChI=1S/C15H14ClNO/c1-9-7-10-5-6-11-12(3-2-4-13(11)16)15(18)14(10)17-8-9/h2-4,7-8,15,18H,5-6H2,1H3. The van der Waals surface area contributed by atoms with Crippen LogP contribution in [0.1, 0.15) is 34.1 Å². The first-order valence-electron chi connectivity index (χ1n) is 6.07. The van der Waals surface area contributed by atoms with Crippen molar-refractivity contribution in [1.82, 2.24) is 4.98 Å². The number of halogens is 1. The lowest BCUT2D eigenvalue weighted by Crippen LogP contribution is -2.05. The monoisotopic (exact) mass is 259 g/mol. The van der Waals surface area contributed by atoms with E-state index in [0.717, 1.165) is 45.8 Å². The smallest absolute Gasteiger partial charge is 0.122 e. The molecule has 2 nitrogen and oxygen atoms in total. The van der Waals surface area contributed by atoms with Gasteiger partial charge in [-0.25, -0.2) is 0 Å². The Balaban J connectivity index is 2.18. The number of aliphatic hydroxyl groups excluding tert-OH is 1. The van der Waals surface area contributed by atoms with Gasteiger partial charge >= 0.3 is 0 Å². The van der Waals surface area contributed by atoms with Crippen molar-refractivity contribution in [3.05, 3.63) is 63.4 Å². The normalized spacial score (nSPS) is 17.8. The number of aryl methyl sites for hydroxylation is 2. The lowest BCUT2D eigenvalue weighted by atomic mass is 10.0. The van der Waals surface area contributed by atoms with Crippen LogP contribution in [-0.4, -0.2) is 10.1 Å². The minimum absolute atomic E-state index is 0.670. The maximum atomic E-state index is 10.5. The summed E-state index contributed by atoms with van der Waals surface area (Å²) in [4.78, 5) is 4.40. The van der Waals surface area contributed by atoms with Crippen molar-refractivity contribution in [2.24, 2.45) is 0 Å². The van der Waals surface area contributed by atoms with E-state index in [4.69, 9.17) is 11.6 Å². The second-order valence-corrected chi connectivity index (χ2v) is 5.17. The molecule has 1 aromatic heterocycles. The van der Waals surface area contributed by atoms with Crippen LogP contribution >= 0.6 is 11.6 Å². The van der Waals surface area contributed by atoms with Gasteiger partial charge in [0.15, 0.2) is 0 Å². The summed E-state index contributed by atoms with van der Waals surface area (Å²) < 4.78 is 0. The number of pyridine rings is 1. The predicted molar refractivity (Wildman–Crippen MR) is 71.9 cm³/mol. The molecule has 1 aliphatic rings. The van der Waals surface area contributed by atoms with Crippen LogP contribution in [0.3, 0.4) is 0 Å². The molecule has 18 heavy (non-hydrogen) atoms. The van der Waals surface area contributed by atoms with Crippen molar-refractivity contribution in [3.8, 4) is 0 Å². The number of benzene rings is 1. The fourth-order valence-corrected chi connectivity index (χ4v) is 2.87. The van der Waals surface area contributed by atoms with E-state index in [1.807, 2.05) is 25.1 Å². The Bertz CT molecular complexity index is 609.